The number of halogens is 2. The van der Waals surface area contributed by atoms with Crippen LogP contribution in [0.2, 0.25) is 0 Å². The summed E-state index contributed by atoms with van der Waals surface area (Å²) in [6.07, 6.45) is 3.63. The molecule has 2 nitrogen and oxygen atoms in total. The van der Waals surface area contributed by atoms with Crippen molar-refractivity contribution in [1.82, 2.24) is 10.6 Å². The van der Waals surface area contributed by atoms with Gasteiger partial charge in [0.15, 0.2) is 0 Å². The van der Waals surface area contributed by atoms with Gasteiger partial charge in [0.05, 0.1) is 0 Å². The van der Waals surface area contributed by atoms with E-state index in [0.717, 1.165) is 25.6 Å². The first-order valence-corrected chi connectivity index (χ1v) is 6.14. The quantitative estimate of drug-likeness (QED) is 0.843. The van der Waals surface area contributed by atoms with Crippen LogP contribution in [-0.2, 0) is 6.54 Å². The molecule has 4 heteroatoms. The molecule has 94 valence electrons. The fourth-order valence-corrected chi connectivity index (χ4v) is 2.16. The van der Waals surface area contributed by atoms with Crippen LogP contribution in [0, 0.1) is 11.6 Å². The average Bonchev–Trinajstić information content (AvgIpc) is 2.35. The standard InChI is InChI=1S/C13H18F2N2/c14-11-4-5-13(15)10(7-11)8-16-9-12-3-1-2-6-17-12/h4-5,7,12,16-17H,1-3,6,8-9H2. The number of hydrogen-bond donors (Lipinski definition) is 2. The minimum absolute atomic E-state index is 0.351. The SMILES string of the molecule is Fc1ccc(F)c(CNCC2CCCCN2)c1. The third kappa shape index (κ3) is 3.75. The van der Waals surface area contributed by atoms with Gasteiger partial charge in [-0.15, -0.1) is 0 Å². The normalized spacial score (nSPS) is 20.5. The molecule has 2 rings (SSSR count). The van der Waals surface area contributed by atoms with E-state index >= 15 is 0 Å². The van der Waals surface area contributed by atoms with Crippen molar-refractivity contribution in [3.63, 3.8) is 0 Å². The predicted molar refractivity (Wildman–Crippen MR) is 63.7 cm³/mol. The van der Waals surface area contributed by atoms with E-state index in [0.29, 0.717) is 18.2 Å². The fourth-order valence-electron chi connectivity index (χ4n) is 2.16. The van der Waals surface area contributed by atoms with Gasteiger partial charge in [-0.2, -0.15) is 0 Å². The summed E-state index contributed by atoms with van der Waals surface area (Å²) in [6, 6.07) is 4.02. The van der Waals surface area contributed by atoms with Crippen LogP contribution in [-0.4, -0.2) is 19.1 Å². The number of benzene rings is 1. The highest BCUT2D eigenvalue weighted by Gasteiger charge is 2.12. The summed E-state index contributed by atoms with van der Waals surface area (Å²) in [5.74, 6) is -0.741. The van der Waals surface area contributed by atoms with Crippen LogP contribution in [0.1, 0.15) is 24.8 Å². The second-order valence-corrected chi connectivity index (χ2v) is 4.51. The molecule has 17 heavy (non-hydrogen) atoms. The van der Waals surface area contributed by atoms with Gasteiger partial charge >= 0.3 is 0 Å². The zero-order valence-corrected chi connectivity index (χ0v) is 9.81. The molecular weight excluding hydrogens is 222 g/mol. The molecule has 1 atom stereocenters. The predicted octanol–water partition coefficient (Wildman–Crippen LogP) is 2.20. The molecule has 1 aromatic carbocycles. The molecule has 1 heterocycles. The minimum atomic E-state index is -0.390. The number of hydrogen-bond acceptors (Lipinski definition) is 2. The van der Waals surface area contributed by atoms with Crippen LogP contribution in [0.3, 0.4) is 0 Å². The number of rotatable bonds is 4. The van der Waals surface area contributed by atoms with E-state index in [1.54, 1.807) is 0 Å². The van der Waals surface area contributed by atoms with E-state index in [9.17, 15) is 8.78 Å². The van der Waals surface area contributed by atoms with E-state index in [1.165, 1.54) is 25.0 Å². The Balaban J connectivity index is 1.79. The monoisotopic (exact) mass is 240 g/mol. The Bertz CT molecular complexity index is 362. The second-order valence-electron chi connectivity index (χ2n) is 4.51. The largest absolute Gasteiger partial charge is 0.313 e. The first-order valence-electron chi connectivity index (χ1n) is 6.14. The summed E-state index contributed by atoms with van der Waals surface area (Å²) in [4.78, 5) is 0. The molecule has 0 aliphatic carbocycles. The third-order valence-corrected chi connectivity index (χ3v) is 3.13. The van der Waals surface area contributed by atoms with E-state index < -0.39 is 0 Å². The first kappa shape index (κ1) is 12.5. The Morgan fingerprint density at radius 2 is 2.18 bits per heavy atom. The molecule has 0 spiro atoms. The Labute approximate surface area is 100 Å². The highest BCUT2D eigenvalue weighted by Crippen LogP contribution is 2.10. The summed E-state index contributed by atoms with van der Waals surface area (Å²) in [6.45, 7) is 2.23. The van der Waals surface area contributed by atoms with Gasteiger partial charge in [0, 0.05) is 24.7 Å². The van der Waals surface area contributed by atoms with Gasteiger partial charge in [-0.05, 0) is 37.6 Å². The summed E-state index contributed by atoms with van der Waals surface area (Å²) in [5, 5.41) is 6.57. The van der Waals surface area contributed by atoms with Gasteiger partial charge in [0.2, 0.25) is 0 Å². The maximum atomic E-state index is 13.3. The van der Waals surface area contributed by atoms with Gasteiger partial charge in [0.25, 0.3) is 0 Å². The lowest BCUT2D eigenvalue weighted by molar-refractivity contribution is 0.382. The smallest absolute Gasteiger partial charge is 0.127 e. The van der Waals surface area contributed by atoms with Crippen molar-refractivity contribution < 1.29 is 8.78 Å². The maximum Gasteiger partial charge on any atom is 0.127 e. The lowest BCUT2D eigenvalue weighted by Gasteiger charge is -2.23. The summed E-state index contributed by atoms with van der Waals surface area (Å²) >= 11 is 0. The van der Waals surface area contributed by atoms with Crippen molar-refractivity contribution in [3.8, 4) is 0 Å². The molecule has 1 aliphatic rings. The van der Waals surface area contributed by atoms with Crippen LogP contribution in [0.5, 0.6) is 0 Å². The zero-order valence-electron chi connectivity index (χ0n) is 9.81. The molecule has 0 radical (unpaired) electrons. The van der Waals surface area contributed by atoms with Crippen LogP contribution in [0.4, 0.5) is 8.78 Å². The van der Waals surface area contributed by atoms with Crippen molar-refractivity contribution in [2.75, 3.05) is 13.1 Å². The van der Waals surface area contributed by atoms with Crippen molar-refractivity contribution in [2.45, 2.75) is 31.8 Å². The molecule has 1 saturated heterocycles. The molecule has 0 aromatic heterocycles. The van der Waals surface area contributed by atoms with Gasteiger partial charge in [-0.3, -0.25) is 0 Å². The molecule has 1 unspecified atom stereocenters. The summed E-state index contributed by atoms with van der Waals surface area (Å²) < 4.78 is 26.2. The fraction of sp³-hybridized carbons (Fsp3) is 0.538. The Morgan fingerprint density at radius 3 is 2.94 bits per heavy atom. The van der Waals surface area contributed by atoms with E-state index in [1.807, 2.05) is 0 Å². The Morgan fingerprint density at radius 1 is 1.29 bits per heavy atom. The van der Waals surface area contributed by atoms with Gasteiger partial charge in [0.1, 0.15) is 11.6 Å². The summed E-state index contributed by atoms with van der Waals surface area (Å²) in [5.41, 5.74) is 0.390. The zero-order chi connectivity index (χ0) is 12.1. The van der Waals surface area contributed by atoms with Crippen LogP contribution >= 0.6 is 0 Å². The molecule has 0 bridgehead atoms. The number of piperidine rings is 1. The van der Waals surface area contributed by atoms with Gasteiger partial charge < -0.3 is 10.6 Å². The van der Waals surface area contributed by atoms with Crippen LogP contribution in [0.15, 0.2) is 18.2 Å². The highest BCUT2D eigenvalue weighted by molar-refractivity contribution is 5.18. The van der Waals surface area contributed by atoms with Crippen molar-refractivity contribution >= 4 is 0 Å². The Kier molecular flexibility index (Phi) is 4.45. The minimum Gasteiger partial charge on any atom is -0.313 e. The van der Waals surface area contributed by atoms with E-state index in [4.69, 9.17) is 0 Å². The maximum absolute atomic E-state index is 13.3. The lowest BCUT2D eigenvalue weighted by atomic mass is 10.1. The molecule has 0 saturated carbocycles. The number of nitrogens with one attached hydrogen (secondary N) is 2. The third-order valence-electron chi connectivity index (χ3n) is 3.13. The van der Waals surface area contributed by atoms with E-state index in [2.05, 4.69) is 10.6 Å². The molecule has 2 N–H and O–H groups in total. The Hall–Kier alpha value is -1.00. The van der Waals surface area contributed by atoms with Gasteiger partial charge in [-0.25, -0.2) is 8.78 Å². The highest BCUT2D eigenvalue weighted by atomic mass is 19.1. The molecule has 0 amide bonds. The lowest BCUT2D eigenvalue weighted by Crippen LogP contribution is -2.41. The van der Waals surface area contributed by atoms with Crippen molar-refractivity contribution in [2.24, 2.45) is 0 Å². The molecule has 1 fully saturated rings. The van der Waals surface area contributed by atoms with Crippen LogP contribution in [0.25, 0.3) is 0 Å². The van der Waals surface area contributed by atoms with Crippen molar-refractivity contribution in [3.05, 3.63) is 35.4 Å². The molecular formula is C13H18F2N2. The van der Waals surface area contributed by atoms with Crippen LogP contribution < -0.4 is 10.6 Å². The van der Waals surface area contributed by atoms with Crippen molar-refractivity contribution in [1.29, 1.82) is 0 Å². The molecule has 1 aromatic rings. The van der Waals surface area contributed by atoms with E-state index in [-0.39, 0.29) is 11.6 Å². The average molecular weight is 240 g/mol. The topological polar surface area (TPSA) is 24.1 Å². The summed E-state index contributed by atoms with van der Waals surface area (Å²) in [7, 11) is 0. The van der Waals surface area contributed by atoms with Gasteiger partial charge in [-0.1, -0.05) is 6.42 Å². The second kappa shape index (κ2) is 6.07. The first-order chi connectivity index (χ1) is 8.25. The molecule has 1 aliphatic heterocycles.